The van der Waals surface area contributed by atoms with Gasteiger partial charge in [-0.1, -0.05) is 6.07 Å². The summed E-state index contributed by atoms with van der Waals surface area (Å²) in [6.07, 6.45) is 1.67. The zero-order chi connectivity index (χ0) is 9.26. The summed E-state index contributed by atoms with van der Waals surface area (Å²) in [7, 11) is 0. The molecule has 13 heavy (non-hydrogen) atoms. The minimum atomic E-state index is 0.497. The van der Waals surface area contributed by atoms with Crippen molar-refractivity contribution in [2.45, 2.75) is 0 Å². The van der Waals surface area contributed by atoms with Gasteiger partial charge in [-0.25, -0.2) is 4.98 Å². The molecule has 0 fully saturated rings. The fourth-order valence-corrected chi connectivity index (χ4v) is 1.23. The van der Waals surface area contributed by atoms with Gasteiger partial charge in [0.25, 0.3) is 0 Å². The highest BCUT2D eigenvalue weighted by atomic mass is 14.8. The fourth-order valence-electron chi connectivity index (χ4n) is 1.23. The summed E-state index contributed by atoms with van der Waals surface area (Å²) in [6.45, 7) is 0. The number of benzene rings is 1. The van der Waals surface area contributed by atoms with Crippen LogP contribution in [0.4, 0.5) is 5.82 Å². The van der Waals surface area contributed by atoms with Gasteiger partial charge in [0.2, 0.25) is 0 Å². The molecule has 0 bridgehead atoms. The first-order chi connectivity index (χ1) is 6.29. The van der Waals surface area contributed by atoms with Crippen LogP contribution in [-0.4, -0.2) is 4.98 Å². The van der Waals surface area contributed by atoms with E-state index in [1.807, 2.05) is 6.07 Å². The average molecular weight is 169 g/mol. The van der Waals surface area contributed by atoms with E-state index in [2.05, 4.69) is 11.1 Å². The number of fused-ring (bicyclic) bond motifs is 1. The summed E-state index contributed by atoms with van der Waals surface area (Å²) in [4.78, 5) is 3.95. The van der Waals surface area contributed by atoms with Gasteiger partial charge in [0, 0.05) is 11.6 Å². The van der Waals surface area contributed by atoms with E-state index in [1.54, 1.807) is 24.4 Å². The molecule has 0 radical (unpaired) electrons. The van der Waals surface area contributed by atoms with Gasteiger partial charge >= 0.3 is 0 Å². The third kappa shape index (κ3) is 1.30. The number of aromatic nitrogens is 1. The smallest absolute Gasteiger partial charge is 0.123 e. The fraction of sp³-hybridized carbons (Fsp3) is 0. The van der Waals surface area contributed by atoms with Crippen LogP contribution in [0.25, 0.3) is 10.8 Å². The molecule has 2 rings (SSSR count). The molecule has 1 heterocycles. The number of anilines is 1. The highest BCUT2D eigenvalue weighted by molar-refractivity contribution is 5.84. The summed E-state index contributed by atoms with van der Waals surface area (Å²) in [6, 6.07) is 9.29. The van der Waals surface area contributed by atoms with Crippen molar-refractivity contribution in [1.29, 1.82) is 5.26 Å². The Kier molecular flexibility index (Phi) is 1.60. The first-order valence-corrected chi connectivity index (χ1v) is 3.85. The van der Waals surface area contributed by atoms with Gasteiger partial charge in [0.1, 0.15) is 5.82 Å². The van der Waals surface area contributed by atoms with Crippen LogP contribution in [0.2, 0.25) is 0 Å². The monoisotopic (exact) mass is 169 g/mol. The maximum atomic E-state index is 8.66. The third-order valence-electron chi connectivity index (χ3n) is 1.87. The van der Waals surface area contributed by atoms with Crippen LogP contribution in [0.1, 0.15) is 5.56 Å². The molecule has 3 nitrogen and oxygen atoms in total. The average Bonchev–Trinajstić information content (AvgIpc) is 2.17. The summed E-state index contributed by atoms with van der Waals surface area (Å²) in [5.41, 5.74) is 6.16. The number of pyridine rings is 1. The summed E-state index contributed by atoms with van der Waals surface area (Å²) in [5, 5.41) is 10.6. The van der Waals surface area contributed by atoms with Crippen molar-refractivity contribution in [1.82, 2.24) is 4.98 Å². The largest absolute Gasteiger partial charge is 0.384 e. The molecule has 1 aromatic carbocycles. The van der Waals surface area contributed by atoms with E-state index in [1.165, 1.54) is 0 Å². The zero-order valence-electron chi connectivity index (χ0n) is 6.86. The number of nitrogens with two attached hydrogens (primary N) is 1. The molecule has 0 saturated carbocycles. The Morgan fingerprint density at radius 3 is 2.85 bits per heavy atom. The molecule has 0 saturated heterocycles. The van der Waals surface area contributed by atoms with Crippen molar-refractivity contribution < 1.29 is 0 Å². The normalized spacial score (nSPS) is 9.77. The van der Waals surface area contributed by atoms with Crippen molar-refractivity contribution in [3.05, 3.63) is 36.0 Å². The predicted molar refractivity (Wildman–Crippen MR) is 50.9 cm³/mol. The number of nitriles is 1. The minimum absolute atomic E-state index is 0.497. The number of nitrogens with zero attached hydrogens (tertiary/aromatic N) is 2. The van der Waals surface area contributed by atoms with Crippen molar-refractivity contribution in [2.75, 3.05) is 5.73 Å². The summed E-state index contributed by atoms with van der Waals surface area (Å²) >= 11 is 0. The maximum absolute atomic E-state index is 8.66. The van der Waals surface area contributed by atoms with Gasteiger partial charge < -0.3 is 5.73 Å². The summed E-state index contributed by atoms with van der Waals surface area (Å²) in [5.74, 6) is 0.497. The van der Waals surface area contributed by atoms with Crippen molar-refractivity contribution in [2.24, 2.45) is 0 Å². The Balaban J connectivity index is 2.75. The molecule has 62 valence electrons. The minimum Gasteiger partial charge on any atom is -0.384 e. The standard InChI is InChI=1S/C10H7N3/c11-5-7-1-2-8-4-10(12)13-6-9(8)3-7/h1-4,6H,(H2,12,13). The summed E-state index contributed by atoms with van der Waals surface area (Å²) < 4.78 is 0. The Hall–Kier alpha value is -2.08. The lowest BCUT2D eigenvalue weighted by molar-refractivity contribution is 1.37. The quantitative estimate of drug-likeness (QED) is 0.652. The Morgan fingerprint density at radius 1 is 1.23 bits per heavy atom. The molecule has 0 spiro atoms. The van der Waals surface area contributed by atoms with Crippen molar-refractivity contribution in [3.8, 4) is 6.07 Å². The van der Waals surface area contributed by atoms with Gasteiger partial charge in [0.05, 0.1) is 11.6 Å². The molecule has 0 atom stereocenters. The van der Waals surface area contributed by atoms with Crippen LogP contribution < -0.4 is 5.73 Å². The third-order valence-corrected chi connectivity index (χ3v) is 1.87. The van der Waals surface area contributed by atoms with E-state index in [0.29, 0.717) is 11.4 Å². The molecule has 0 unspecified atom stereocenters. The molecule has 0 amide bonds. The molecule has 2 N–H and O–H groups in total. The number of hydrogen-bond donors (Lipinski definition) is 1. The topological polar surface area (TPSA) is 62.7 Å². The highest BCUT2D eigenvalue weighted by Gasteiger charge is 1.96. The number of hydrogen-bond acceptors (Lipinski definition) is 3. The van der Waals surface area contributed by atoms with Crippen LogP contribution in [0.3, 0.4) is 0 Å². The van der Waals surface area contributed by atoms with Gasteiger partial charge in [0.15, 0.2) is 0 Å². The van der Waals surface area contributed by atoms with Crippen molar-refractivity contribution >= 4 is 16.6 Å². The lowest BCUT2D eigenvalue weighted by Crippen LogP contribution is -1.88. The van der Waals surface area contributed by atoms with Crippen LogP contribution in [-0.2, 0) is 0 Å². The Morgan fingerprint density at radius 2 is 2.08 bits per heavy atom. The van der Waals surface area contributed by atoms with Gasteiger partial charge in [-0.15, -0.1) is 0 Å². The lowest BCUT2D eigenvalue weighted by Gasteiger charge is -1.98. The molecule has 0 aliphatic rings. The Labute approximate surface area is 75.4 Å². The molecule has 0 aliphatic carbocycles. The van der Waals surface area contributed by atoms with Crippen LogP contribution in [0.5, 0.6) is 0 Å². The molecule has 3 heteroatoms. The van der Waals surface area contributed by atoms with Crippen LogP contribution >= 0.6 is 0 Å². The molecular weight excluding hydrogens is 162 g/mol. The van der Waals surface area contributed by atoms with E-state index >= 15 is 0 Å². The van der Waals surface area contributed by atoms with E-state index in [9.17, 15) is 0 Å². The van der Waals surface area contributed by atoms with Crippen LogP contribution in [0, 0.1) is 11.3 Å². The molecule has 1 aromatic heterocycles. The first kappa shape index (κ1) is 7.56. The predicted octanol–water partition coefficient (Wildman–Crippen LogP) is 1.69. The maximum Gasteiger partial charge on any atom is 0.123 e. The second-order valence-electron chi connectivity index (χ2n) is 2.78. The van der Waals surface area contributed by atoms with Gasteiger partial charge in [-0.2, -0.15) is 5.26 Å². The number of rotatable bonds is 0. The van der Waals surface area contributed by atoms with E-state index < -0.39 is 0 Å². The van der Waals surface area contributed by atoms with E-state index in [0.717, 1.165) is 10.8 Å². The van der Waals surface area contributed by atoms with Crippen molar-refractivity contribution in [3.63, 3.8) is 0 Å². The SMILES string of the molecule is N#Cc1ccc2cc(N)ncc2c1. The van der Waals surface area contributed by atoms with Gasteiger partial charge in [-0.05, 0) is 23.6 Å². The second kappa shape index (κ2) is 2.76. The zero-order valence-corrected chi connectivity index (χ0v) is 6.86. The highest BCUT2D eigenvalue weighted by Crippen LogP contribution is 2.16. The Bertz CT molecular complexity index is 497. The van der Waals surface area contributed by atoms with Crippen LogP contribution in [0.15, 0.2) is 30.5 Å². The van der Waals surface area contributed by atoms with E-state index in [-0.39, 0.29) is 0 Å². The molecular formula is C10H7N3. The first-order valence-electron chi connectivity index (χ1n) is 3.85. The number of nitrogen functional groups attached to an aromatic ring is 1. The molecule has 0 aliphatic heterocycles. The lowest BCUT2D eigenvalue weighted by atomic mass is 10.1. The van der Waals surface area contributed by atoms with E-state index in [4.69, 9.17) is 11.0 Å². The van der Waals surface area contributed by atoms with Gasteiger partial charge in [-0.3, -0.25) is 0 Å². The second-order valence-corrected chi connectivity index (χ2v) is 2.78. The molecule has 2 aromatic rings.